The van der Waals surface area contributed by atoms with Gasteiger partial charge < -0.3 is 15.5 Å². The molecule has 1 aliphatic rings. The van der Waals surface area contributed by atoms with Crippen LogP contribution in [0.25, 0.3) is 16.4 Å². The molecule has 3 aromatic rings. The zero-order valence-electron chi connectivity index (χ0n) is 15.5. The average Bonchev–Trinajstić information content (AvgIpc) is 3.08. The number of carboxylic acid groups (broad SMARTS) is 1. The molecule has 0 unspecified atom stereocenters. The van der Waals surface area contributed by atoms with Gasteiger partial charge >= 0.3 is 5.97 Å². The number of hydrogen-bond acceptors (Lipinski definition) is 4. The van der Waals surface area contributed by atoms with Crippen molar-refractivity contribution in [2.45, 2.75) is 38.1 Å². The van der Waals surface area contributed by atoms with Crippen LogP contribution in [0.15, 0.2) is 29.1 Å². The van der Waals surface area contributed by atoms with Gasteiger partial charge in [0.25, 0.3) is 11.5 Å². The first-order valence-corrected chi connectivity index (χ1v) is 9.47. The van der Waals surface area contributed by atoms with Gasteiger partial charge in [0.2, 0.25) is 0 Å². The van der Waals surface area contributed by atoms with Crippen molar-refractivity contribution < 1.29 is 24.2 Å². The molecule has 0 radical (unpaired) electrons. The van der Waals surface area contributed by atoms with E-state index in [1.807, 2.05) is 0 Å². The monoisotopic (exact) mass is 401 g/mol. The Morgan fingerprint density at radius 3 is 2.59 bits per heavy atom. The molecule has 8 nitrogen and oxygen atoms in total. The summed E-state index contributed by atoms with van der Waals surface area (Å²) in [4.78, 5) is 36.6. The molecule has 29 heavy (non-hydrogen) atoms. The van der Waals surface area contributed by atoms with E-state index < -0.39 is 41.1 Å². The van der Waals surface area contributed by atoms with Crippen LogP contribution in [0.4, 0.5) is 4.39 Å². The lowest BCUT2D eigenvalue weighted by Crippen LogP contribution is -2.39. The van der Waals surface area contributed by atoms with Gasteiger partial charge in [-0.2, -0.15) is 0 Å². The van der Waals surface area contributed by atoms with Gasteiger partial charge in [0.15, 0.2) is 5.75 Å². The number of benzene rings is 1. The zero-order valence-corrected chi connectivity index (χ0v) is 15.5. The first-order chi connectivity index (χ1) is 13.9. The first kappa shape index (κ1) is 19.0. The van der Waals surface area contributed by atoms with E-state index >= 15 is 0 Å². The van der Waals surface area contributed by atoms with E-state index in [1.54, 1.807) is 6.07 Å². The Morgan fingerprint density at radius 1 is 1.17 bits per heavy atom. The summed E-state index contributed by atoms with van der Waals surface area (Å²) in [5.74, 6) is -3.36. The number of carbonyl (C=O) groups excluding carboxylic acids is 1. The minimum Gasteiger partial charge on any atom is -0.505 e. The van der Waals surface area contributed by atoms with Crippen LogP contribution >= 0.6 is 0 Å². The van der Waals surface area contributed by atoms with E-state index in [0.29, 0.717) is 18.4 Å². The van der Waals surface area contributed by atoms with Crippen LogP contribution in [-0.4, -0.2) is 37.8 Å². The number of carbonyl (C=O) groups is 2. The van der Waals surface area contributed by atoms with Gasteiger partial charge in [0.05, 0.1) is 11.6 Å². The second-order valence-corrected chi connectivity index (χ2v) is 7.26. The average molecular weight is 401 g/mol. The molecule has 3 N–H and O–H groups in total. The minimum absolute atomic E-state index is 0.121. The number of amides is 1. The van der Waals surface area contributed by atoms with E-state index in [2.05, 4.69) is 5.32 Å². The molecule has 9 heteroatoms. The summed E-state index contributed by atoms with van der Waals surface area (Å²) in [7, 11) is 0. The molecule has 1 saturated carbocycles. The standard InChI is InChI=1S/C20H20FN3O5/c21-13-7-4-8-14-12(13)9-15-18(27)17(19(28)22-10-16(25)26)20(29)23(24(14)15)11-5-2-1-3-6-11/h4,7-9,11,27H,1-3,5-6,10H2,(H,22,28)(H,25,26). The molecule has 1 aromatic carbocycles. The summed E-state index contributed by atoms with van der Waals surface area (Å²) in [5, 5.41) is 21.9. The number of carboxylic acids is 1. The first-order valence-electron chi connectivity index (χ1n) is 9.47. The number of rotatable bonds is 4. The number of nitrogens with one attached hydrogen (secondary N) is 1. The Balaban J connectivity index is 2.04. The molecule has 1 aliphatic carbocycles. The Labute approximate surface area is 164 Å². The fourth-order valence-electron chi connectivity index (χ4n) is 4.12. The van der Waals surface area contributed by atoms with Crippen LogP contribution < -0.4 is 10.9 Å². The van der Waals surface area contributed by atoms with Crippen LogP contribution in [0.3, 0.4) is 0 Å². The molecule has 1 amide bonds. The molecule has 0 atom stereocenters. The van der Waals surface area contributed by atoms with Crippen molar-refractivity contribution in [3.8, 4) is 5.75 Å². The highest BCUT2D eigenvalue weighted by atomic mass is 19.1. The van der Waals surface area contributed by atoms with E-state index in [1.165, 1.54) is 27.4 Å². The molecule has 0 spiro atoms. The number of nitrogens with zero attached hydrogens (tertiary/aromatic N) is 2. The third-order valence-electron chi connectivity index (χ3n) is 5.43. The SMILES string of the molecule is O=C(O)CNC(=O)c1c(O)c2cc3c(F)cccc3n2n(C2CCCCC2)c1=O. The van der Waals surface area contributed by atoms with E-state index in [9.17, 15) is 23.9 Å². The molecule has 1 fully saturated rings. The quantitative estimate of drug-likeness (QED) is 0.621. The summed E-state index contributed by atoms with van der Waals surface area (Å²) in [6, 6.07) is 5.62. The predicted molar refractivity (Wildman–Crippen MR) is 103 cm³/mol. The number of hydrogen-bond donors (Lipinski definition) is 3. The number of aliphatic carboxylic acids is 1. The number of halogens is 1. The minimum atomic E-state index is -1.28. The lowest BCUT2D eigenvalue weighted by molar-refractivity contribution is -0.135. The van der Waals surface area contributed by atoms with E-state index in [-0.39, 0.29) is 16.9 Å². The summed E-state index contributed by atoms with van der Waals surface area (Å²) < 4.78 is 17.3. The molecular weight excluding hydrogens is 381 g/mol. The van der Waals surface area contributed by atoms with Crippen LogP contribution in [-0.2, 0) is 4.79 Å². The Hall–Kier alpha value is -3.36. The zero-order chi connectivity index (χ0) is 20.7. The second-order valence-electron chi connectivity index (χ2n) is 7.26. The highest BCUT2D eigenvalue weighted by Gasteiger charge is 2.28. The van der Waals surface area contributed by atoms with Crippen LogP contribution in [0.5, 0.6) is 5.75 Å². The Kier molecular flexibility index (Phi) is 4.73. The highest BCUT2D eigenvalue weighted by molar-refractivity contribution is 6.01. The summed E-state index contributed by atoms with van der Waals surface area (Å²) in [6.45, 7) is -0.691. The van der Waals surface area contributed by atoms with Gasteiger partial charge in [0.1, 0.15) is 23.4 Å². The lowest BCUT2D eigenvalue weighted by atomic mass is 9.95. The Bertz CT molecular complexity index is 1190. The smallest absolute Gasteiger partial charge is 0.322 e. The number of aromatic hydroxyl groups is 1. The lowest BCUT2D eigenvalue weighted by Gasteiger charge is -2.26. The maximum atomic E-state index is 14.4. The largest absolute Gasteiger partial charge is 0.505 e. The molecule has 0 aliphatic heterocycles. The summed E-state index contributed by atoms with van der Waals surface area (Å²) in [6.07, 6.45) is 4.29. The van der Waals surface area contributed by atoms with Crippen molar-refractivity contribution in [3.63, 3.8) is 0 Å². The van der Waals surface area contributed by atoms with Crippen LogP contribution in [0.1, 0.15) is 48.5 Å². The topological polar surface area (TPSA) is 113 Å². The Morgan fingerprint density at radius 2 is 1.90 bits per heavy atom. The van der Waals surface area contributed by atoms with Crippen molar-refractivity contribution in [1.29, 1.82) is 0 Å². The highest BCUT2D eigenvalue weighted by Crippen LogP contribution is 2.33. The van der Waals surface area contributed by atoms with Crippen molar-refractivity contribution in [2.24, 2.45) is 0 Å². The van der Waals surface area contributed by atoms with Gasteiger partial charge in [-0.25, -0.2) is 13.6 Å². The van der Waals surface area contributed by atoms with Crippen molar-refractivity contribution in [2.75, 3.05) is 6.54 Å². The van der Waals surface area contributed by atoms with Crippen molar-refractivity contribution in [1.82, 2.24) is 14.5 Å². The van der Waals surface area contributed by atoms with Gasteiger partial charge in [-0.15, -0.1) is 0 Å². The molecule has 152 valence electrons. The fourth-order valence-corrected chi connectivity index (χ4v) is 4.12. The normalized spacial score (nSPS) is 15.1. The third-order valence-corrected chi connectivity index (χ3v) is 5.43. The maximum Gasteiger partial charge on any atom is 0.322 e. The molecule has 0 bridgehead atoms. The van der Waals surface area contributed by atoms with Crippen LogP contribution in [0.2, 0.25) is 0 Å². The van der Waals surface area contributed by atoms with Crippen molar-refractivity contribution >= 4 is 28.3 Å². The number of aromatic nitrogens is 2. The number of fused-ring (bicyclic) bond motifs is 3. The predicted octanol–water partition coefficient (Wildman–Crippen LogP) is 2.42. The van der Waals surface area contributed by atoms with Crippen LogP contribution in [0, 0.1) is 5.82 Å². The van der Waals surface area contributed by atoms with E-state index in [0.717, 1.165) is 19.3 Å². The van der Waals surface area contributed by atoms with Gasteiger partial charge in [-0.3, -0.25) is 14.4 Å². The maximum absolute atomic E-state index is 14.4. The van der Waals surface area contributed by atoms with E-state index in [4.69, 9.17) is 5.11 Å². The second kappa shape index (κ2) is 7.23. The third kappa shape index (κ3) is 3.12. The molecule has 4 rings (SSSR count). The van der Waals surface area contributed by atoms with Gasteiger partial charge in [-0.1, -0.05) is 25.3 Å². The molecule has 2 heterocycles. The van der Waals surface area contributed by atoms with Gasteiger partial charge in [0, 0.05) is 5.39 Å². The summed E-state index contributed by atoms with van der Waals surface area (Å²) in [5.41, 5.74) is -0.731. The molecule has 0 saturated heterocycles. The summed E-state index contributed by atoms with van der Waals surface area (Å²) >= 11 is 0. The fraction of sp³-hybridized carbons (Fsp3) is 0.350. The molecular formula is C20H20FN3O5. The van der Waals surface area contributed by atoms with Gasteiger partial charge in [-0.05, 0) is 31.0 Å². The molecule has 2 aromatic heterocycles. The van der Waals surface area contributed by atoms with Crippen molar-refractivity contribution in [3.05, 3.63) is 46.0 Å².